The van der Waals surface area contributed by atoms with Gasteiger partial charge in [0.1, 0.15) is 6.54 Å². The van der Waals surface area contributed by atoms with Crippen molar-refractivity contribution in [3.05, 3.63) is 54.4 Å². The van der Waals surface area contributed by atoms with Crippen molar-refractivity contribution in [1.82, 2.24) is 25.3 Å². The van der Waals surface area contributed by atoms with E-state index in [1.165, 1.54) is 5.56 Å². The van der Waals surface area contributed by atoms with Crippen molar-refractivity contribution in [2.24, 2.45) is 10.9 Å². The first-order valence-electron chi connectivity index (χ1n) is 11.1. The molecule has 1 saturated heterocycles. The van der Waals surface area contributed by atoms with Gasteiger partial charge in [-0.05, 0) is 50.2 Å². The van der Waals surface area contributed by atoms with E-state index in [0.29, 0.717) is 11.9 Å². The number of guanidine groups is 1. The third-order valence-electron chi connectivity index (χ3n) is 5.47. The predicted octanol–water partition coefficient (Wildman–Crippen LogP) is 2.31. The van der Waals surface area contributed by atoms with Crippen LogP contribution in [0, 0.1) is 5.92 Å². The Bertz CT molecular complexity index is 766. The fourth-order valence-electron chi connectivity index (χ4n) is 3.80. The zero-order valence-electron chi connectivity index (χ0n) is 18.0. The Morgan fingerprint density at radius 1 is 1.17 bits per heavy atom. The van der Waals surface area contributed by atoms with Crippen LogP contribution >= 0.6 is 0 Å². The van der Waals surface area contributed by atoms with Crippen LogP contribution in [0.3, 0.4) is 0 Å². The van der Waals surface area contributed by atoms with Crippen LogP contribution < -0.4 is 10.6 Å². The van der Waals surface area contributed by atoms with Gasteiger partial charge in [0.05, 0.1) is 0 Å². The summed E-state index contributed by atoms with van der Waals surface area (Å²) in [5.41, 5.74) is 1.39. The molecule has 0 bridgehead atoms. The molecule has 1 aliphatic heterocycles. The highest BCUT2D eigenvalue weighted by Crippen LogP contribution is 2.21. The Morgan fingerprint density at radius 2 is 1.97 bits per heavy atom. The molecule has 1 fully saturated rings. The summed E-state index contributed by atoms with van der Waals surface area (Å²) in [5, 5.41) is 10.7. The molecule has 0 spiro atoms. The lowest BCUT2D eigenvalue weighted by Gasteiger charge is -2.32. The molecule has 2 aromatic rings. The maximum atomic E-state index is 12.6. The fourth-order valence-corrected chi connectivity index (χ4v) is 3.80. The monoisotopic (exact) mass is 410 g/mol. The number of piperidine rings is 1. The molecule has 2 N–H and O–H groups in total. The molecule has 0 atom stereocenters. The summed E-state index contributed by atoms with van der Waals surface area (Å²) in [6.45, 7) is 6.29. The first-order chi connectivity index (χ1) is 14.7. The predicted molar refractivity (Wildman–Crippen MR) is 120 cm³/mol. The second kappa shape index (κ2) is 12.0. The molecule has 30 heavy (non-hydrogen) atoms. The average molecular weight is 411 g/mol. The molecule has 3 rings (SSSR count). The third-order valence-corrected chi connectivity index (χ3v) is 5.47. The second-order valence-corrected chi connectivity index (χ2v) is 7.76. The van der Waals surface area contributed by atoms with Crippen molar-refractivity contribution in [2.45, 2.75) is 39.2 Å². The zero-order valence-corrected chi connectivity index (χ0v) is 18.0. The highest BCUT2D eigenvalue weighted by atomic mass is 16.2. The largest absolute Gasteiger partial charge is 0.357 e. The molecule has 1 aromatic heterocycles. The van der Waals surface area contributed by atoms with Crippen molar-refractivity contribution in [3.63, 3.8) is 0 Å². The van der Waals surface area contributed by atoms with E-state index < -0.39 is 0 Å². The molecule has 1 aliphatic rings. The van der Waals surface area contributed by atoms with Gasteiger partial charge in [-0.2, -0.15) is 5.10 Å². The number of benzene rings is 1. The van der Waals surface area contributed by atoms with E-state index in [0.717, 1.165) is 58.4 Å². The van der Waals surface area contributed by atoms with E-state index in [9.17, 15) is 4.79 Å². The maximum Gasteiger partial charge on any atom is 0.244 e. The second-order valence-electron chi connectivity index (χ2n) is 7.76. The van der Waals surface area contributed by atoms with Gasteiger partial charge in [0.2, 0.25) is 5.91 Å². The van der Waals surface area contributed by atoms with E-state index in [1.807, 2.05) is 28.8 Å². The van der Waals surface area contributed by atoms with Gasteiger partial charge in [-0.25, -0.2) is 4.99 Å². The molecule has 0 radical (unpaired) electrons. The Kier molecular flexibility index (Phi) is 8.75. The van der Waals surface area contributed by atoms with Crippen LogP contribution in [0.4, 0.5) is 0 Å². The minimum absolute atomic E-state index is 0.113. The lowest BCUT2D eigenvalue weighted by molar-refractivity contribution is -0.130. The van der Waals surface area contributed by atoms with Gasteiger partial charge in [0.25, 0.3) is 0 Å². The van der Waals surface area contributed by atoms with Crippen LogP contribution in [-0.2, 0) is 17.8 Å². The SMILES string of the molecule is CCNC(=NCC(=O)N1CCC(Cc2ccccc2)CC1)NCCCn1cccn1. The first kappa shape index (κ1) is 21.9. The van der Waals surface area contributed by atoms with Gasteiger partial charge in [-0.1, -0.05) is 30.3 Å². The quantitative estimate of drug-likeness (QED) is 0.378. The highest BCUT2D eigenvalue weighted by Gasteiger charge is 2.22. The lowest BCUT2D eigenvalue weighted by Crippen LogP contribution is -2.42. The number of amides is 1. The molecule has 2 heterocycles. The average Bonchev–Trinajstić information content (AvgIpc) is 3.29. The summed E-state index contributed by atoms with van der Waals surface area (Å²) in [4.78, 5) is 19.1. The first-order valence-corrected chi connectivity index (χ1v) is 11.1. The molecule has 0 unspecified atom stereocenters. The fraction of sp³-hybridized carbons (Fsp3) is 0.522. The van der Waals surface area contributed by atoms with E-state index in [4.69, 9.17) is 0 Å². The molecule has 7 heteroatoms. The lowest BCUT2D eigenvalue weighted by atomic mass is 9.90. The van der Waals surface area contributed by atoms with Crippen molar-refractivity contribution in [1.29, 1.82) is 0 Å². The number of hydrogen-bond donors (Lipinski definition) is 2. The van der Waals surface area contributed by atoms with Crippen LogP contribution in [0.1, 0.15) is 31.7 Å². The van der Waals surface area contributed by atoms with Crippen molar-refractivity contribution in [3.8, 4) is 0 Å². The number of aliphatic imine (C=N–C) groups is 1. The Labute approximate surface area is 179 Å². The number of hydrogen-bond acceptors (Lipinski definition) is 3. The van der Waals surface area contributed by atoms with Gasteiger partial charge in [-0.3, -0.25) is 9.48 Å². The van der Waals surface area contributed by atoms with Crippen LogP contribution in [0.25, 0.3) is 0 Å². The van der Waals surface area contributed by atoms with Gasteiger partial charge in [-0.15, -0.1) is 0 Å². The number of aryl methyl sites for hydroxylation is 1. The summed E-state index contributed by atoms with van der Waals surface area (Å²) in [7, 11) is 0. The number of nitrogens with one attached hydrogen (secondary N) is 2. The topological polar surface area (TPSA) is 74.6 Å². The summed E-state index contributed by atoms with van der Waals surface area (Å²) >= 11 is 0. The number of nitrogens with zero attached hydrogens (tertiary/aromatic N) is 4. The number of rotatable bonds is 9. The number of aromatic nitrogens is 2. The van der Waals surface area contributed by atoms with Gasteiger partial charge < -0.3 is 15.5 Å². The Hall–Kier alpha value is -2.83. The van der Waals surface area contributed by atoms with Crippen molar-refractivity contribution >= 4 is 11.9 Å². The molecular weight excluding hydrogens is 376 g/mol. The molecule has 1 aromatic carbocycles. The van der Waals surface area contributed by atoms with Gasteiger partial charge in [0, 0.05) is 45.1 Å². The Balaban J connectivity index is 1.38. The van der Waals surface area contributed by atoms with Gasteiger partial charge >= 0.3 is 0 Å². The number of carbonyl (C=O) groups excluding carboxylic acids is 1. The highest BCUT2D eigenvalue weighted by molar-refractivity contribution is 5.85. The smallest absolute Gasteiger partial charge is 0.244 e. The zero-order chi connectivity index (χ0) is 21.0. The standard InChI is InChI=1S/C23H34N6O/c1-2-24-23(25-12-6-14-29-15-7-13-27-29)26-19-22(30)28-16-10-21(11-17-28)18-20-8-4-3-5-9-20/h3-5,7-9,13,15,21H,2,6,10-12,14,16-19H2,1H3,(H2,24,25,26). The normalized spacial score (nSPS) is 15.2. The molecular formula is C23H34N6O. The van der Waals surface area contributed by atoms with Crippen LogP contribution in [0.5, 0.6) is 0 Å². The molecule has 0 aliphatic carbocycles. The molecule has 0 saturated carbocycles. The number of carbonyl (C=O) groups is 1. The Morgan fingerprint density at radius 3 is 2.67 bits per heavy atom. The van der Waals surface area contributed by atoms with Crippen molar-refractivity contribution in [2.75, 3.05) is 32.7 Å². The third kappa shape index (κ3) is 7.21. The van der Waals surface area contributed by atoms with E-state index >= 15 is 0 Å². The van der Waals surface area contributed by atoms with Crippen molar-refractivity contribution < 1.29 is 4.79 Å². The molecule has 7 nitrogen and oxygen atoms in total. The number of likely N-dealkylation sites (tertiary alicyclic amines) is 1. The van der Waals surface area contributed by atoms with E-state index in [-0.39, 0.29) is 12.5 Å². The summed E-state index contributed by atoms with van der Waals surface area (Å²) in [5.74, 6) is 1.47. The molecule has 1 amide bonds. The summed E-state index contributed by atoms with van der Waals surface area (Å²) in [6, 6.07) is 12.6. The van der Waals surface area contributed by atoms with Crippen LogP contribution in [0.2, 0.25) is 0 Å². The summed E-state index contributed by atoms with van der Waals surface area (Å²) < 4.78 is 1.91. The molecule has 162 valence electrons. The van der Waals surface area contributed by atoms with Gasteiger partial charge in [0.15, 0.2) is 5.96 Å². The summed E-state index contributed by atoms with van der Waals surface area (Å²) in [6.07, 6.45) is 7.92. The van der Waals surface area contributed by atoms with E-state index in [1.54, 1.807) is 6.20 Å². The van der Waals surface area contributed by atoms with Crippen LogP contribution in [0.15, 0.2) is 53.8 Å². The maximum absolute atomic E-state index is 12.6. The van der Waals surface area contributed by atoms with E-state index in [2.05, 4.69) is 51.1 Å². The minimum Gasteiger partial charge on any atom is -0.357 e. The van der Waals surface area contributed by atoms with Crippen LogP contribution in [-0.4, -0.2) is 59.3 Å². The minimum atomic E-state index is 0.113.